The maximum atomic E-state index is 11.1. The molecule has 0 aromatic heterocycles. The molecule has 2 nitrogen and oxygen atoms in total. The second-order valence-electron chi connectivity index (χ2n) is 6.60. The van der Waals surface area contributed by atoms with E-state index in [1.54, 1.807) is 13.0 Å². The molecule has 0 radical (unpaired) electrons. The van der Waals surface area contributed by atoms with Gasteiger partial charge in [-0.1, -0.05) is 26.8 Å². The molecule has 90 valence electrons. The van der Waals surface area contributed by atoms with Crippen LogP contribution >= 0.6 is 0 Å². The highest BCUT2D eigenvalue weighted by molar-refractivity contribution is 5.87. The highest BCUT2D eigenvalue weighted by Gasteiger charge is 2.71. The second kappa shape index (κ2) is 3.19. The number of ketones is 1. The minimum absolute atomic E-state index is 0.0887. The van der Waals surface area contributed by atoms with Crippen LogP contribution in [0.5, 0.6) is 0 Å². The van der Waals surface area contributed by atoms with Gasteiger partial charge in [-0.25, -0.2) is 0 Å². The summed E-state index contributed by atoms with van der Waals surface area (Å²) in [6, 6.07) is 0. The summed E-state index contributed by atoms with van der Waals surface area (Å²) in [5.74, 6) is 0.116. The number of fused-ring (bicyclic) bond motifs is 1. The summed E-state index contributed by atoms with van der Waals surface area (Å²) in [7, 11) is 0. The zero-order chi connectivity index (χ0) is 12.2. The maximum absolute atomic E-state index is 11.1. The summed E-state index contributed by atoms with van der Waals surface area (Å²) < 4.78 is 0. The van der Waals surface area contributed by atoms with Crippen LogP contribution in [0.4, 0.5) is 0 Å². The average molecular weight is 222 g/mol. The number of aliphatic hydroxyl groups is 1. The Bertz CT molecular complexity index is 356. The van der Waals surface area contributed by atoms with Gasteiger partial charge >= 0.3 is 0 Å². The van der Waals surface area contributed by atoms with Crippen LogP contribution in [0.25, 0.3) is 0 Å². The molecule has 0 aromatic rings. The minimum atomic E-state index is -0.179. The molecule has 2 aliphatic carbocycles. The van der Waals surface area contributed by atoms with Gasteiger partial charge < -0.3 is 5.11 Å². The van der Waals surface area contributed by atoms with E-state index < -0.39 is 0 Å². The molecule has 2 rings (SSSR count). The molecule has 2 fully saturated rings. The summed E-state index contributed by atoms with van der Waals surface area (Å²) in [6.45, 7) is 8.26. The maximum Gasteiger partial charge on any atom is 0.152 e. The van der Waals surface area contributed by atoms with Gasteiger partial charge in [0.15, 0.2) is 5.78 Å². The van der Waals surface area contributed by atoms with Crippen molar-refractivity contribution in [2.45, 2.75) is 53.1 Å². The van der Waals surface area contributed by atoms with Gasteiger partial charge in [0.25, 0.3) is 0 Å². The first-order chi connectivity index (χ1) is 7.22. The summed E-state index contributed by atoms with van der Waals surface area (Å²) in [5, 5.41) is 9.91. The Balaban J connectivity index is 2.31. The molecular weight excluding hydrogens is 200 g/mol. The van der Waals surface area contributed by atoms with E-state index in [0.29, 0.717) is 0 Å². The van der Waals surface area contributed by atoms with Crippen molar-refractivity contribution in [1.82, 2.24) is 0 Å². The van der Waals surface area contributed by atoms with E-state index in [0.717, 1.165) is 19.3 Å². The van der Waals surface area contributed by atoms with Gasteiger partial charge in [-0.3, -0.25) is 4.79 Å². The van der Waals surface area contributed by atoms with Crippen molar-refractivity contribution in [1.29, 1.82) is 0 Å². The van der Waals surface area contributed by atoms with Crippen molar-refractivity contribution in [3.05, 3.63) is 12.2 Å². The Morgan fingerprint density at radius 1 is 1.31 bits per heavy atom. The molecule has 0 amide bonds. The quantitative estimate of drug-likeness (QED) is 0.729. The van der Waals surface area contributed by atoms with Gasteiger partial charge in [-0.15, -0.1) is 0 Å². The fourth-order valence-electron chi connectivity index (χ4n) is 3.99. The highest BCUT2D eigenvalue weighted by atomic mass is 16.3. The van der Waals surface area contributed by atoms with Crippen molar-refractivity contribution < 1.29 is 9.90 Å². The lowest BCUT2D eigenvalue weighted by atomic mass is 9.62. The summed E-state index contributed by atoms with van der Waals surface area (Å²) in [5.41, 5.74) is 0.413. The number of carbonyl (C=O) groups excluding carboxylic acids is 1. The molecule has 2 aliphatic rings. The van der Waals surface area contributed by atoms with E-state index >= 15 is 0 Å². The Morgan fingerprint density at radius 3 is 2.44 bits per heavy atom. The molecule has 0 unspecified atom stereocenters. The van der Waals surface area contributed by atoms with Crippen LogP contribution in [-0.2, 0) is 4.79 Å². The van der Waals surface area contributed by atoms with Gasteiger partial charge in [0.05, 0.1) is 6.10 Å². The molecule has 0 saturated heterocycles. The zero-order valence-corrected chi connectivity index (χ0v) is 10.7. The lowest BCUT2D eigenvalue weighted by Gasteiger charge is -2.43. The Labute approximate surface area is 97.7 Å². The van der Waals surface area contributed by atoms with Gasteiger partial charge in [-0.2, -0.15) is 0 Å². The molecule has 0 aliphatic heterocycles. The van der Waals surface area contributed by atoms with Crippen LogP contribution in [0.2, 0.25) is 0 Å². The van der Waals surface area contributed by atoms with Crippen LogP contribution in [-0.4, -0.2) is 17.0 Å². The number of aliphatic hydroxyl groups excluding tert-OH is 1. The molecular formula is C14H22O2. The van der Waals surface area contributed by atoms with Crippen LogP contribution in [0, 0.1) is 16.2 Å². The first-order valence-electron chi connectivity index (χ1n) is 6.10. The normalized spacial score (nSPS) is 45.4. The lowest BCUT2D eigenvalue weighted by Crippen LogP contribution is -2.39. The van der Waals surface area contributed by atoms with Gasteiger partial charge in [0.2, 0.25) is 0 Å². The van der Waals surface area contributed by atoms with E-state index in [2.05, 4.69) is 26.8 Å². The standard InChI is InChI=1S/C14H22O2/c1-10(15)5-6-14-9-13(14,4)8-11(16)7-12(14,2)3/h5-6,11,16H,7-9H2,1-4H3/b6-5+/t11-,13-,14-/m0/s1. The van der Waals surface area contributed by atoms with Crippen molar-refractivity contribution >= 4 is 5.78 Å². The van der Waals surface area contributed by atoms with Crippen molar-refractivity contribution in [2.24, 2.45) is 16.2 Å². The highest BCUT2D eigenvalue weighted by Crippen LogP contribution is 2.78. The van der Waals surface area contributed by atoms with E-state index in [4.69, 9.17) is 0 Å². The monoisotopic (exact) mass is 222 g/mol. The summed E-state index contributed by atoms with van der Waals surface area (Å²) in [6.07, 6.45) is 6.46. The second-order valence-corrected chi connectivity index (χ2v) is 6.60. The van der Waals surface area contributed by atoms with Crippen molar-refractivity contribution in [2.75, 3.05) is 0 Å². The predicted octanol–water partition coefficient (Wildman–Crippen LogP) is 2.71. The van der Waals surface area contributed by atoms with Crippen molar-refractivity contribution in [3.63, 3.8) is 0 Å². The molecule has 16 heavy (non-hydrogen) atoms. The van der Waals surface area contributed by atoms with Gasteiger partial charge in [0, 0.05) is 0 Å². The first kappa shape index (κ1) is 11.8. The number of carbonyl (C=O) groups is 1. The Kier molecular flexibility index (Phi) is 2.36. The SMILES string of the molecule is CC(=O)/C=C/[C@@]12C[C@]1(C)C[C@@H](O)CC2(C)C. The fraction of sp³-hybridized carbons (Fsp3) is 0.786. The third-order valence-corrected chi connectivity index (χ3v) is 4.86. The van der Waals surface area contributed by atoms with E-state index in [1.165, 1.54) is 0 Å². The number of hydrogen-bond donors (Lipinski definition) is 1. The largest absolute Gasteiger partial charge is 0.393 e. The van der Waals surface area contributed by atoms with Crippen LogP contribution in [0.3, 0.4) is 0 Å². The number of allylic oxidation sites excluding steroid dienone is 2. The third-order valence-electron chi connectivity index (χ3n) is 4.86. The topological polar surface area (TPSA) is 37.3 Å². The average Bonchev–Trinajstić information content (AvgIpc) is 2.67. The summed E-state index contributed by atoms with van der Waals surface area (Å²) in [4.78, 5) is 11.1. The van der Waals surface area contributed by atoms with Crippen LogP contribution < -0.4 is 0 Å². The minimum Gasteiger partial charge on any atom is -0.393 e. The Hall–Kier alpha value is -0.630. The fourth-order valence-corrected chi connectivity index (χ4v) is 3.99. The zero-order valence-electron chi connectivity index (χ0n) is 10.7. The van der Waals surface area contributed by atoms with Crippen LogP contribution in [0.1, 0.15) is 47.0 Å². The predicted molar refractivity (Wildman–Crippen MR) is 64.0 cm³/mol. The van der Waals surface area contributed by atoms with E-state index in [-0.39, 0.29) is 28.1 Å². The molecule has 0 spiro atoms. The number of rotatable bonds is 2. The first-order valence-corrected chi connectivity index (χ1v) is 6.10. The smallest absolute Gasteiger partial charge is 0.152 e. The molecule has 1 N–H and O–H groups in total. The molecule has 2 heteroatoms. The third kappa shape index (κ3) is 1.46. The lowest BCUT2D eigenvalue weighted by molar-refractivity contribution is -0.112. The molecule has 0 heterocycles. The molecule has 3 atom stereocenters. The van der Waals surface area contributed by atoms with Crippen molar-refractivity contribution in [3.8, 4) is 0 Å². The number of hydrogen-bond acceptors (Lipinski definition) is 2. The molecule has 2 saturated carbocycles. The summed E-state index contributed by atoms with van der Waals surface area (Å²) >= 11 is 0. The van der Waals surface area contributed by atoms with E-state index in [9.17, 15) is 9.90 Å². The van der Waals surface area contributed by atoms with Gasteiger partial charge in [-0.05, 0) is 48.5 Å². The molecule has 0 aromatic carbocycles. The van der Waals surface area contributed by atoms with E-state index in [1.807, 2.05) is 0 Å². The van der Waals surface area contributed by atoms with Gasteiger partial charge in [0.1, 0.15) is 0 Å². The van der Waals surface area contributed by atoms with Crippen LogP contribution in [0.15, 0.2) is 12.2 Å². The molecule has 0 bridgehead atoms. The Morgan fingerprint density at radius 2 is 1.94 bits per heavy atom.